The maximum Gasteiger partial charge on any atom is 0.264 e. The van der Waals surface area contributed by atoms with Crippen molar-refractivity contribution in [3.05, 3.63) is 21.9 Å². The molecule has 0 atom stereocenters. The largest absolute Gasteiger partial charge is 0.384 e. The molecule has 0 saturated carbocycles. The van der Waals surface area contributed by atoms with E-state index in [1.807, 2.05) is 24.4 Å². The van der Waals surface area contributed by atoms with Gasteiger partial charge in [0.25, 0.3) is 5.91 Å². The van der Waals surface area contributed by atoms with Gasteiger partial charge in [0, 0.05) is 25.7 Å². The molecule has 0 aliphatic rings. The number of likely N-dealkylation sites (N-methyl/N-ethyl adjacent to an activating group) is 2. The van der Waals surface area contributed by atoms with Gasteiger partial charge < -0.3 is 14.9 Å². The molecule has 1 rings (SSSR count). The van der Waals surface area contributed by atoms with E-state index in [9.17, 15) is 4.79 Å². The molecule has 0 spiro atoms. The van der Waals surface area contributed by atoms with Gasteiger partial charge in [-0.25, -0.2) is 0 Å². The highest BCUT2D eigenvalue weighted by Crippen LogP contribution is 2.17. The molecule has 1 aromatic rings. The van der Waals surface area contributed by atoms with Crippen LogP contribution in [0, 0.1) is 11.8 Å². The first-order valence-corrected chi connectivity index (χ1v) is 6.51. The summed E-state index contributed by atoms with van der Waals surface area (Å²) < 4.78 is 0. The highest BCUT2D eigenvalue weighted by molar-refractivity contribution is 7.12. The molecule has 1 amide bonds. The van der Waals surface area contributed by atoms with Gasteiger partial charge in [0.05, 0.1) is 0 Å². The van der Waals surface area contributed by atoms with E-state index >= 15 is 0 Å². The van der Waals surface area contributed by atoms with Gasteiger partial charge in [-0.05, 0) is 25.5 Å². The number of aliphatic hydroxyl groups is 1. The van der Waals surface area contributed by atoms with Crippen molar-refractivity contribution in [3.63, 3.8) is 0 Å². The predicted molar refractivity (Wildman–Crippen MR) is 73.8 cm³/mol. The Morgan fingerprint density at radius 2 is 2.11 bits per heavy atom. The van der Waals surface area contributed by atoms with Crippen LogP contribution in [0.1, 0.15) is 15.2 Å². The Labute approximate surface area is 112 Å². The Kier molecular flexibility index (Phi) is 5.86. The van der Waals surface area contributed by atoms with Crippen molar-refractivity contribution < 1.29 is 9.90 Å². The van der Waals surface area contributed by atoms with E-state index in [-0.39, 0.29) is 12.5 Å². The Balaban J connectivity index is 2.74. The quantitative estimate of drug-likeness (QED) is 0.817. The smallest absolute Gasteiger partial charge is 0.264 e. The van der Waals surface area contributed by atoms with Crippen molar-refractivity contribution in [3.8, 4) is 11.8 Å². The fourth-order valence-corrected chi connectivity index (χ4v) is 2.18. The number of nitrogens with zero attached hydrogens (tertiary/aromatic N) is 2. The summed E-state index contributed by atoms with van der Waals surface area (Å²) in [4.78, 5) is 16.5. The summed E-state index contributed by atoms with van der Waals surface area (Å²) in [5.74, 6) is 5.35. The summed E-state index contributed by atoms with van der Waals surface area (Å²) >= 11 is 1.38. The molecule has 0 aliphatic carbocycles. The number of carbonyl (C=O) groups excluding carboxylic acids is 1. The number of aliphatic hydroxyl groups excluding tert-OH is 1. The van der Waals surface area contributed by atoms with Crippen molar-refractivity contribution in [1.29, 1.82) is 0 Å². The van der Waals surface area contributed by atoms with Crippen LogP contribution in [0.3, 0.4) is 0 Å². The maximum atomic E-state index is 12.2. The normalized spacial score (nSPS) is 10.1. The van der Waals surface area contributed by atoms with Crippen LogP contribution in [0.5, 0.6) is 0 Å². The number of rotatable bonds is 4. The topological polar surface area (TPSA) is 43.8 Å². The second-order valence-corrected chi connectivity index (χ2v) is 5.07. The standard InChI is InChI=1S/C13H18N2O2S/c1-14(2)7-8-15(3)13(17)12-11(5-4-9-16)6-10-18-12/h6,10,16H,7-9H2,1-3H3. The van der Waals surface area contributed by atoms with E-state index in [0.717, 1.165) is 6.54 Å². The Morgan fingerprint density at radius 1 is 1.39 bits per heavy atom. The summed E-state index contributed by atoms with van der Waals surface area (Å²) in [6.45, 7) is 1.31. The highest BCUT2D eigenvalue weighted by atomic mass is 32.1. The van der Waals surface area contributed by atoms with Crippen molar-refractivity contribution in [2.75, 3.05) is 40.8 Å². The first-order chi connectivity index (χ1) is 8.56. The molecule has 0 fully saturated rings. The minimum atomic E-state index is -0.194. The minimum absolute atomic E-state index is 0.0194. The zero-order chi connectivity index (χ0) is 13.5. The fourth-order valence-electron chi connectivity index (χ4n) is 1.33. The predicted octanol–water partition coefficient (Wildman–Crippen LogP) is 0.726. The summed E-state index contributed by atoms with van der Waals surface area (Å²) in [6, 6.07) is 1.81. The first-order valence-electron chi connectivity index (χ1n) is 5.63. The lowest BCUT2D eigenvalue weighted by Crippen LogP contribution is -2.33. The van der Waals surface area contributed by atoms with E-state index < -0.39 is 0 Å². The first kappa shape index (κ1) is 14.7. The SMILES string of the molecule is CN(C)CCN(C)C(=O)c1sccc1C#CCO. The molecular weight excluding hydrogens is 248 g/mol. The van der Waals surface area contributed by atoms with Crippen molar-refractivity contribution in [2.24, 2.45) is 0 Å². The second kappa shape index (κ2) is 7.17. The molecule has 0 saturated heterocycles. The highest BCUT2D eigenvalue weighted by Gasteiger charge is 2.16. The molecule has 1 aromatic heterocycles. The van der Waals surface area contributed by atoms with E-state index in [0.29, 0.717) is 17.0 Å². The van der Waals surface area contributed by atoms with Crippen molar-refractivity contribution in [2.45, 2.75) is 0 Å². The molecular formula is C13H18N2O2S. The number of amides is 1. The summed E-state index contributed by atoms with van der Waals surface area (Å²) in [5, 5.41) is 10.5. The molecule has 0 aliphatic heterocycles. The lowest BCUT2D eigenvalue weighted by Gasteiger charge is -2.19. The summed E-state index contributed by atoms with van der Waals surface area (Å²) in [6.07, 6.45) is 0. The average Bonchev–Trinajstić information content (AvgIpc) is 2.80. The molecule has 5 heteroatoms. The van der Waals surface area contributed by atoms with Gasteiger partial charge in [0.15, 0.2) is 0 Å². The molecule has 0 unspecified atom stereocenters. The van der Waals surface area contributed by atoms with Gasteiger partial charge in [-0.1, -0.05) is 11.8 Å². The van der Waals surface area contributed by atoms with Gasteiger partial charge in [0.2, 0.25) is 0 Å². The molecule has 4 nitrogen and oxygen atoms in total. The van der Waals surface area contributed by atoms with Gasteiger partial charge in [-0.2, -0.15) is 0 Å². The van der Waals surface area contributed by atoms with E-state index in [1.165, 1.54) is 11.3 Å². The molecule has 0 bridgehead atoms. The van der Waals surface area contributed by atoms with Gasteiger partial charge in [-0.3, -0.25) is 4.79 Å². The van der Waals surface area contributed by atoms with Gasteiger partial charge in [0.1, 0.15) is 11.5 Å². The van der Waals surface area contributed by atoms with Crippen molar-refractivity contribution >= 4 is 17.2 Å². The van der Waals surface area contributed by atoms with Crippen LogP contribution < -0.4 is 0 Å². The Bertz CT molecular complexity index is 457. The van der Waals surface area contributed by atoms with Crippen LogP contribution in [-0.2, 0) is 0 Å². The third-order valence-corrected chi connectivity index (χ3v) is 3.29. The summed E-state index contributed by atoms with van der Waals surface area (Å²) in [7, 11) is 5.73. The second-order valence-electron chi connectivity index (χ2n) is 4.15. The monoisotopic (exact) mass is 266 g/mol. The number of carbonyl (C=O) groups is 1. The molecule has 18 heavy (non-hydrogen) atoms. The van der Waals surface area contributed by atoms with Crippen LogP contribution >= 0.6 is 11.3 Å². The number of hydrogen-bond donors (Lipinski definition) is 1. The molecule has 98 valence electrons. The van der Waals surface area contributed by atoms with Crippen LogP contribution in [0.4, 0.5) is 0 Å². The summed E-state index contributed by atoms with van der Waals surface area (Å²) in [5.41, 5.74) is 0.691. The molecule has 1 heterocycles. The van der Waals surface area contributed by atoms with Gasteiger partial charge in [-0.15, -0.1) is 11.3 Å². The third-order valence-electron chi connectivity index (χ3n) is 2.39. The molecule has 0 radical (unpaired) electrons. The van der Waals surface area contributed by atoms with E-state index in [1.54, 1.807) is 18.0 Å². The maximum absolute atomic E-state index is 12.2. The van der Waals surface area contributed by atoms with E-state index in [2.05, 4.69) is 11.8 Å². The lowest BCUT2D eigenvalue weighted by molar-refractivity contribution is 0.0791. The fraction of sp³-hybridized carbons (Fsp3) is 0.462. The van der Waals surface area contributed by atoms with Gasteiger partial charge >= 0.3 is 0 Å². The number of hydrogen-bond acceptors (Lipinski definition) is 4. The zero-order valence-electron chi connectivity index (χ0n) is 10.9. The number of thiophene rings is 1. The lowest BCUT2D eigenvalue weighted by atomic mass is 10.2. The molecule has 1 N–H and O–H groups in total. The molecule has 0 aromatic carbocycles. The van der Waals surface area contributed by atoms with Crippen LogP contribution in [-0.4, -0.2) is 61.7 Å². The van der Waals surface area contributed by atoms with Crippen LogP contribution in [0.2, 0.25) is 0 Å². The van der Waals surface area contributed by atoms with E-state index in [4.69, 9.17) is 5.11 Å². The third kappa shape index (κ3) is 4.15. The van der Waals surface area contributed by atoms with Crippen LogP contribution in [0.25, 0.3) is 0 Å². The zero-order valence-corrected chi connectivity index (χ0v) is 11.8. The Hall–Kier alpha value is -1.35. The average molecular weight is 266 g/mol. The Morgan fingerprint density at radius 3 is 2.72 bits per heavy atom. The minimum Gasteiger partial charge on any atom is -0.384 e. The van der Waals surface area contributed by atoms with Crippen LogP contribution in [0.15, 0.2) is 11.4 Å². The van der Waals surface area contributed by atoms with Crippen molar-refractivity contribution in [1.82, 2.24) is 9.80 Å².